The molecule has 0 bridgehead atoms. The van der Waals surface area contributed by atoms with Crippen LogP contribution in [0.25, 0.3) is 0 Å². The van der Waals surface area contributed by atoms with Gasteiger partial charge in [-0.05, 0) is 48.4 Å². The lowest BCUT2D eigenvalue weighted by atomic mass is 9.89. The smallest absolute Gasteiger partial charge is 0.227 e. The molecule has 1 unspecified atom stereocenters. The molecule has 2 aliphatic rings. The van der Waals surface area contributed by atoms with Crippen molar-refractivity contribution in [1.29, 1.82) is 5.26 Å². The van der Waals surface area contributed by atoms with Crippen LogP contribution in [0.15, 0.2) is 24.3 Å². The quantitative estimate of drug-likeness (QED) is 0.656. The van der Waals surface area contributed by atoms with E-state index in [9.17, 15) is 14.9 Å². The molecule has 0 saturated carbocycles. The van der Waals surface area contributed by atoms with Crippen LogP contribution in [-0.2, 0) is 28.9 Å². The summed E-state index contributed by atoms with van der Waals surface area (Å²) >= 11 is 1.57. The number of hydrogen-bond acceptors (Lipinski definition) is 6. The van der Waals surface area contributed by atoms with Crippen LogP contribution >= 0.6 is 11.3 Å². The molecular formula is C26H32N4O3S. The number of fused-ring (bicyclic) bond motifs is 1. The van der Waals surface area contributed by atoms with Gasteiger partial charge in [-0.1, -0.05) is 19.1 Å². The average Bonchev–Trinajstić information content (AvgIpc) is 3.18. The van der Waals surface area contributed by atoms with Gasteiger partial charge in [0.15, 0.2) is 0 Å². The Balaban J connectivity index is 1.22. The lowest BCUT2D eigenvalue weighted by Gasteiger charge is -2.34. The number of benzene rings is 1. The van der Waals surface area contributed by atoms with Crippen LogP contribution in [0.1, 0.15) is 41.3 Å². The SMILES string of the molecule is COc1cccc(CC(=O)N2CCN(CCC(=O)Nc3sc4c(c3C#N)CCC(C)C4)CC2)c1. The maximum absolute atomic E-state index is 12.7. The minimum absolute atomic E-state index is 0.0559. The van der Waals surface area contributed by atoms with Gasteiger partial charge >= 0.3 is 0 Å². The third-order valence-corrected chi connectivity index (χ3v) is 7.92. The molecule has 0 spiro atoms. The normalized spacial score (nSPS) is 18.1. The number of methoxy groups -OCH3 is 1. The van der Waals surface area contributed by atoms with Crippen LogP contribution in [0.4, 0.5) is 5.00 Å². The zero-order valence-corrected chi connectivity index (χ0v) is 20.7. The monoisotopic (exact) mass is 480 g/mol. The number of thiophene rings is 1. The van der Waals surface area contributed by atoms with Gasteiger partial charge in [0.1, 0.15) is 16.8 Å². The Morgan fingerprint density at radius 2 is 2.06 bits per heavy atom. The van der Waals surface area contributed by atoms with Crippen molar-refractivity contribution in [3.63, 3.8) is 0 Å². The first-order valence-corrected chi connectivity index (χ1v) is 12.8. The van der Waals surface area contributed by atoms with Crippen LogP contribution in [0, 0.1) is 17.2 Å². The first-order chi connectivity index (χ1) is 16.5. The highest BCUT2D eigenvalue weighted by atomic mass is 32.1. The molecule has 1 aromatic carbocycles. The van der Waals surface area contributed by atoms with Crippen molar-refractivity contribution in [3.05, 3.63) is 45.8 Å². The molecule has 2 aromatic rings. The Labute approximate surface area is 205 Å². The zero-order chi connectivity index (χ0) is 24.1. The fraction of sp³-hybridized carbons (Fsp3) is 0.500. The molecule has 1 aromatic heterocycles. The van der Waals surface area contributed by atoms with E-state index in [1.807, 2.05) is 29.2 Å². The summed E-state index contributed by atoms with van der Waals surface area (Å²) in [6.45, 7) is 5.72. The highest BCUT2D eigenvalue weighted by Crippen LogP contribution is 2.39. The largest absolute Gasteiger partial charge is 0.497 e. The number of piperazine rings is 1. The maximum Gasteiger partial charge on any atom is 0.227 e. The molecule has 180 valence electrons. The Morgan fingerprint density at radius 3 is 2.79 bits per heavy atom. The molecule has 1 aliphatic heterocycles. The van der Waals surface area contributed by atoms with Gasteiger partial charge in [0.25, 0.3) is 0 Å². The molecule has 0 radical (unpaired) electrons. The molecule has 7 nitrogen and oxygen atoms in total. The number of carbonyl (C=O) groups excluding carboxylic acids is 2. The van der Waals surface area contributed by atoms with Gasteiger partial charge in [-0.2, -0.15) is 5.26 Å². The van der Waals surface area contributed by atoms with Gasteiger partial charge in [-0.15, -0.1) is 11.3 Å². The van der Waals surface area contributed by atoms with Gasteiger partial charge in [-0.3, -0.25) is 14.5 Å². The lowest BCUT2D eigenvalue weighted by Crippen LogP contribution is -2.49. The Morgan fingerprint density at radius 1 is 1.26 bits per heavy atom. The molecule has 4 rings (SSSR count). The van der Waals surface area contributed by atoms with Gasteiger partial charge in [0.05, 0.1) is 19.1 Å². The van der Waals surface area contributed by atoms with Gasteiger partial charge < -0.3 is 15.0 Å². The van der Waals surface area contributed by atoms with Crippen LogP contribution < -0.4 is 10.1 Å². The van der Waals surface area contributed by atoms with Crippen LogP contribution in [0.2, 0.25) is 0 Å². The number of hydrogen-bond donors (Lipinski definition) is 1. The lowest BCUT2D eigenvalue weighted by molar-refractivity contribution is -0.132. The second kappa shape index (κ2) is 11.0. The van der Waals surface area contributed by atoms with Crippen LogP contribution in [-0.4, -0.2) is 61.4 Å². The molecule has 8 heteroatoms. The standard InChI is InChI=1S/C26H32N4O3S/c1-18-6-7-21-22(17-27)26(34-23(21)14-18)28-24(31)8-9-29-10-12-30(13-11-29)25(32)16-19-4-3-5-20(15-19)33-2/h3-5,15,18H,6-14,16H2,1-2H3,(H,28,31). The summed E-state index contributed by atoms with van der Waals surface area (Å²) in [6, 6.07) is 9.92. The van der Waals surface area contributed by atoms with E-state index in [-0.39, 0.29) is 11.8 Å². The van der Waals surface area contributed by atoms with Crippen molar-refractivity contribution in [2.75, 3.05) is 45.2 Å². The molecule has 1 aliphatic carbocycles. The topological polar surface area (TPSA) is 85.7 Å². The van der Waals surface area contributed by atoms with E-state index in [4.69, 9.17) is 4.74 Å². The summed E-state index contributed by atoms with van der Waals surface area (Å²) in [7, 11) is 1.62. The summed E-state index contributed by atoms with van der Waals surface area (Å²) in [6.07, 6.45) is 3.75. The molecule has 1 atom stereocenters. The van der Waals surface area contributed by atoms with Crippen molar-refractivity contribution in [2.45, 2.75) is 39.0 Å². The number of anilines is 1. The Kier molecular flexibility index (Phi) is 7.86. The minimum atomic E-state index is -0.0559. The van der Waals surface area contributed by atoms with Crippen molar-refractivity contribution >= 4 is 28.2 Å². The summed E-state index contributed by atoms with van der Waals surface area (Å²) in [5, 5.41) is 13.3. The van der Waals surface area contributed by atoms with Crippen molar-refractivity contribution < 1.29 is 14.3 Å². The van der Waals surface area contributed by atoms with E-state index < -0.39 is 0 Å². The van der Waals surface area contributed by atoms with E-state index in [2.05, 4.69) is 23.2 Å². The first kappa shape index (κ1) is 24.2. The highest BCUT2D eigenvalue weighted by molar-refractivity contribution is 7.16. The van der Waals surface area contributed by atoms with Crippen molar-refractivity contribution in [2.24, 2.45) is 5.92 Å². The molecular weight excluding hydrogens is 448 g/mol. The van der Waals surface area contributed by atoms with E-state index in [1.165, 1.54) is 4.88 Å². The van der Waals surface area contributed by atoms with Gasteiger partial charge in [0.2, 0.25) is 11.8 Å². The van der Waals surface area contributed by atoms with E-state index in [1.54, 1.807) is 18.4 Å². The summed E-state index contributed by atoms with van der Waals surface area (Å²) < 4.78 is 5.24. The first-order valence-electron chi connectivity index (χ1n) is 11.9. The van der Waals surface area contributed by atoms with Crippen molar-refractivity contribution in [1.82, 2.24) is 9.80 Å². The molecule has 1 saturated heterocycles. The van der Waals surface area contributed by atoms with Crippen LogP contribution in [0.3, 0.4) is 0 Å². The number of amides is 2. The molecule has 1 N–H and O–H groups in total. The molecule has 2 amide bonds. The third kappa shape index (κ3) is 5.78. The Bertz CT molecular complexity index is 1080. The van der Waals surface area contributed by atoms with E-state index >= 15 is 0 Å². The van der Waals surface area contributed by atoms with Gasteiger partial charge in [-0.25, -0.2) is 0 Å². The molecule has 2 heterocycles. The van der Waals surface area contributed by atoms with Gasteiger partial charge in [0, 0.05) is 44.0 Å². The Hall–Kier alpha value is -2.89. The number of nitriles is 1. The van der Waals surface area contributed by atoms with Crippen LogP contribution in [0.5, 0.6) is 5.75 Å². The van der Waals surface area contributed by atoms with E-state index in [0.717, 1.165) is 49.2 Å². The fourth-order valence-electron chi connectivity index (χ4n) is 4.70. The fourth-order valence-corrected chi connectivity index (χ4v) is 6.07. The number of nitrogens with zero attached hydrogens (tertiary/aromatic N) is 3. The van der Waals surface area contributed by atoms with E-state index in [0.29, 0.717) is 49.0 Å². The summed E-state index contributed by atoms with van der Waals surface area (Å²) in [4.78, 5) is 30.7. The summed E-state index contributed by atoms with van der Waals surface area (Å²) in [5.41, 5.74) is 2.74. The zero-order valence-electron chi connectivity index (χ0n) is 19.9. The summed E-state index contributed by atoms with van der Waals surface area (Å²) in [5.74, 6) is 1.44. The number of nitrogens with one attached hydrogen (secondary N) is 1. The third-order valence-electron chi connectivity index (χ3n) is 6.75. The number of carbonyl (C=O) groups is 2. The number of ether oxygens (including phenoxy) is 1. The minimum Gasteiger partial charge on any atom is -0.497 e. The second-order valence-electron chi connectivity index (χ2n) is 9.22. The molecule has 1 fully saturated rings. The predicted molar refractivity (Wildman–Crippen MR) is 133 cm³/mol. The molecule has 34 heavy (non-hydrogen) atoms. The average molecular weight is 481 g/mol. The maximum atomic E-state index is 12.7. The predicted octanol–water partition coefficient (Wildman–Crippen LogP) is 3.47. The number of rotatable bonds is 7. The highest BCUT2D eigenvalue weighted by Gasteiger charge is 2.25. The van der Waals surface area contributed by atoms with Crippen molar-refractivity contribution in [3.8, 4) is 11.8 Å². The second-order valence-corrected chi connectivity index (χ2v) is 10.3.